The number of hydrogen-bond acceptors (Lipinski definition) is 4. The van der Waals surface area contributed by atoms with E-state index < -0.39 is 5.82 Å². The number of aromatic hydroxyl groups is 1. The molecule has 0 unspecified atom stereocenters. The Bertz CT molecular complexity index is 410. The molecule has 0 saturated heterocycles. The van der Waals surface area contributed by atoms with Crippen molar-refractivity contribution < 1.29 is 9.50 Å². The maximum Gasteiger partial charge on any atom is 0.223 e. The van der Waals surface area contributed by atoms with Gasteiger partial charge in [-0.3, -0.25) is 0 Å². The van der Waals surface area contributed by atoms with Crippen LogP contribution in [0.2, 0.25) is 0 Å². The topological polar surface area (TPSA) is 58.0 Å². The van der Waals surface area contributed by atoms with Gasteiger partial charge in [-0.05, 0) is 17.7 Å². The monoisotopic (exact) mass is 219 g/mol. The molecular formula is C11H10FN3O. The quantitative estimate of drug-likeness (QED) is 0.828. The third-order valence-corrected chi connectivity index (χ3v) is 2.01. The maximum atomic E-state index is 12.5. The summed E-state index contributed by atoms with van der Waals surface area (Å²) >= 11 is 0. The molecule has 1 aromatic heterocycles. The van der Waals surface area contributed by atoms with Crippen LogP contribution in [0, 0.1) is 5.82 Å². The first kappa shape index (κ1) is 10.4. The maximum absolute atomic E-state index is 12.5. The summed E-state index contributed by atoms with van der Waals surface area (Å²) in [7, 11) is 0. The summed E-state index contributed by atoms with van der Waals surface area (Å²) in [5, 5.41) is 12.0. The molecule has 2 N–H and O–H groups in total. The second kappa shape index (κ2) is 4.57. The first-order valence-corrected chi connectivity index (χ1v) is 4.73. The average Bonchev–Trinajstić information content (AvgIpc) is 2.30. The Balaban J connectivity index is 1.97. The molecular weight excluding hydrogens is 209 g/mol. The zero-order valence-electron chi connectivity index (χ0n) is 8.39. The number of anilines is 1. The van der Waals surface area contributed by atoms with E-state index in [0.717, 1.165) is 18.0 Å². The van der Waals surface area contributed by atoms with Gasteiger partial charge >= 0.3 is 0 Å². The van der Waals surface area contributed by atoms with Crippen molar-refractivity contribution in [3.63, 3.8) is 0 Å². The highest BCUT2D eigenvalue weighted by Gasteiger charge is 1.97. The summed E-state index contributed by atoms with van der Waals surface area (Å²) in [5.74, 6) is 0.131. The Morgan fingerprint density at radius 1 is 1.12 bits per heavy atom. The molecule has 4 nitrogen and oxygen atoms in total. The lowest BCUT2D eigenvalue weighted by molar-refractivity contribution is 0.475. The molecule has 0 aliphatic heterocycles. The number of hydrogen-bond donors (Lipinski definition) is 2. The van der Waals surface area contributed by atoms with Gasteiger partial charge in [-0.1, -0.05) is 12.1 Å². The van der Waals surface area contributed by atoms with Crippen molar-refractivity contribution in [2.45, 2.75) is 6.54 Å². The van der Waals surface area contributed by atoms with Crippen LogP contribution in [0.25, 0.3) is 0 Å². The molecule has 0 spiro atoms. The molecule has 1 aromatic carbocycles. The van der Waals surface area contributed by atoms with E-state index in [4.69, 9.17) is 5.11 Å². The minimum Gasteiger partial charge on any atom is -0.508 e. The lowest BCUT2D eigenvalue weighted by Crippen LogP contribution is -2.03. The van der Waals surface area contributed by atoms with Gasteiger partial charge in [0, 0.05) is 6.54 Å². The Morgan fingerprint density at radius 3 is 2.38 bits per heavy atom. The van der Waals surface area contributed by atoms with Gasteiger partial charge in [-0.25, -0.2) is 14.4 Å². The number of nitrogens with one attached hydrogen (secondary N) is 1. The normalized spacial score (nSPS) is 10.1. The molecule has 0 bridgehead atoms. The van der Waals surface area contributed by atoms with Crippen molar-refractivity contribution in [3.8, 4) is 5.75 Å². The molecule has 2 rings (SSSR count). The number of rotatable bonds is 3. The van der Waals surface area contributed by atoms with E-state index in [1.165, 1.54) is 0 Å². The zero-order chi connectivity index (χ0) is 11.4. The van der Waals surface area contributed by atoms with E-state index in [0.29, 0.717) is 12.5 Å². The summed E-state index contributed by atoms with van der Waals surface area (Å²) in [6, 6.07) is 6.77. The lowest BCUT2D eigenvalue weighted by atomic mass is 10.2. The van der Waals surface area contributed by atoms with E-state index in [9.17, 15) is 4.39 Å². The smallest absolute Gasteiger partial charge is 0.223 e. The average molecular weight is 219 g/mol. The molecule has 0 atom stereocenters. The summed E-state index contributed by atoms with van der Waals surface area (Å²) in [6.45, 7) is 0.520. The van der Waals surface area contributed by atoms with E-state index >= 15 is 0 Å². The molecule has 1 heterocycles. The van der Waals surface area contributed by atoms with Crippen molar-refractivity contribution in [2.24, 2.45) is 0 Å². The van der Waals surface area contributed by atoms with Crippen LogP contribution in [0.3, 0.4) is 0 Å². The SMILES string of the molecule is Oc1ccc(CNc2ncc(F)cn2)cc1. The van der Waals surface area contributed by atoms with Crippen molar-refractivity contribution in [1.29, 1.82) is 0 Å². The number of nitrogens with zero attached hydrogens (tertiary/aromatic N) is 2. The molecule has 16 heavy (non-hydrogen) atoms. The molecule has 5 heteroatoms. The molecule has 0 amide bonds. The molecule has 0 saturated carbocycles. The minimum absolute atomic E-state index is 0.224. The van der Waals surface area contributed by atoms with Crippen LogP contribution in [0.4, 0.5) is 10.3 Å². The van der Waals surface area contributed by atoms with Gasteiger partial charge in [0.2, 0.25) is 5.95 Å². The highest BCUT2D eigenvalue weighted by molar-refractivity contribution is 5.30. The van der Waals surface area contributed by atoms with Gasteiger partial charge in [0.05, 0.1) is 12.4 Å². The van der Waals surface area contributed by atoms with E-state index in [-0.39, 0.29) is 5.75 Å². The molecule has 0 fully saturated rings. The van der Waals surface area contributed by atoms with Crippen LogP contribution in [0.15, 0.2) is 36.7 Å². The number of phenols is 1. The Kier molecular flexibility index (Phi) is 2.95. The Morgan fingerprint density at radius 2 is 1.75 bits per heavy atom. The predicted octanol–water partition coefficient (Wildman–Crippen LogP) is 1.93. The fraction of sp³-hybridized carbons (Fsp3) is 0.0909. The molecule has 2 aromatic rings. The van der Waals surface area contributed by atoms with E-state index in [1.54, 1.807) is 24.3 Å². The zero-order valence-corrected chi connectivity index (χ0v) is 8.39. The number of halogens is 1. The van der Waals surface area contributed by atoms with Crippen LogP contribution < -0.4 is 5.32 Å². The second-order valence-electron chi connectivity index (χ2n) is 3.24. The van der Waals surface area contributed by atoms with Crippen LogP contribution >= 0.6 is 0 Å². The molecule has 0 aliphatic carbocycles. The summed E-state index contributed by atoms with van der Waals surface area (Å²) in [5.41, 5.74) is 0.978. The van der Waals surface area contributed by atoms with Gasteiger partial charge in [0.15, 0.2) is 5.82 Å². The Labute approximate surface area is 91.8 Å². The largest absolute Gasteiger partial charge is 0.508 e. The molecule has 0 aliphatic rings. The number of phenolic OH excluding ortho intramolecular Hbond substituents is 1. The van der Waals surface area contributed by atoms with Crippen LogP contribution in [-0.2, 0) is 6.54 Å². The van der Waals surface area contributed by atoms with Crippen molar-refractivity contribution >= 4 is 5.95 Å². The van der Waals surface area contributed by atoms with Gasteiger partial charge in [0.25, 0.3) is 0 Å². The van der Waals surface area contributed by atoms with Crippen LogP contribution in [0.5, 0.6) is 5.75 Å². The van der Waals surface area contributed by atoms with Crippen LogP contribution in [0.1, 0.15) is 5.56 Å². The summed E-state index contributed by atoms with van der Waals surface area (Å²) < 4.78 is 12.5. The van der Waals surface area contributed by atoms with E-state index in [2.05, 4.69) is 15.3 Å². The number of benzene rings is 1. The first-order chi connectivity index (χ1) is 7.74. The van der Waals surface area contributed by atoms with E-state index in [1.807, 2.05) is 0 Å². The van der Waals surface area contributed by atoms with Gasteiger partial charge in [0.1, 0.15) is 5.75 Å². The highest BCUT2D eigenvalue weighted by Crippen LogP contribution is 2.10. The number of aromatic nitrogens is 2. The van der Waals surface area contributed by atoms with Crippen molar-refractivity contribution in [3.05, 3.63) is 48.0 Å². The van der Waals surface area contributed by atoms with Gasteiger partial charge < -0.3 is 10.4 Å². The third-order valence-electron chi connectivity index (χ3n) is 2.01. The lowest BCUT2D eigenvalue weighted by Gasteiger charge is -2.04. The standard InChI is InChI=1S/C11H10FN3O/c12-9-6-14-11(15-7-9)13-5-8-1-3-10(16)4-2-8/h1-4,6-7,16H,5H2,(H,13,14,15). The van der Waals surface area contributed by atoms with Gasteiger partial charge in [-0.15, -0.1) is 0 Å². The fourth-order valence-electron chi connectivity index (χ4n) is 1.20. The van der Waals surface area contributed by atoms with Crippen molar-refractivity contribution in [2.75, 3.05) is 5.32 Å². The summed E-state index contributed by atoms with van der Waals surface area (Å²) in [4.78, 5) is 7.53. The van der Waals surface area contributed by atoms with Gasteiger partial charge in [-0.2, -0.15) is 0 Å². The molecule has 82 valence electrons. The minimum atomic E-state index is -0.463. The first-order valence-electron chi connectivity index (χ1n) is 4.73. The Hall–Kier alpha value is -2.17. The fourth-order valence-corrected chi connectivity index (χ4v) is 1.20. The highest BCUT2D eigenvalue weighted by atomic mass is 19.1. The third kappa shape index (κ3) is 2.66. The summed E-state index contributed by atoms with van der Waals surface area (Å²) in [6.07, 6.45) is 2.21. The molecule has 0 radical (unpaired) electrons. The van der Waals surface area contributed by atoms with Crippen LogP contribution in [-0.4, -0.2) is 15.1 Å². The predicted molar refractivity (Wildman–Crippen MR) is 57.4 cm³/mol. The second-order valence-corrected chi connectivity index (χ2v) is 3.24. The van der Waals surface area contributed by atoms with Crippen molar-refractivity contribution in [1.82, 2.24) is 9.97 Å².